The van der Waals surface area contributed by atoms with Crippen LogP contribution in [0.25, 0.3) is 0 Å². The zero-order chi connectivity index (χ0) is 17.2. The highest BCUT2D eigenvalue weighted by Gasteiger charge is 2.17. The van der Waals surface area contributed by atoms with E-state index in [1.54, 1.807) is 0 Å². The van der Waals surface area contributed by atoms with Gasteiger partial charge in [-0.05, 0) is 38.5 Å². The first kappa shape index (κ1) is 17.3. The van der Waals surface area contributed by atoms with Gasteiger partial charge in [0, 0.05) is 6.26 Å². The van der Waals surface area contributed by atoms with Crippen molar-refractivity contribution in [3.63, 3.8) is 0 Å². The van der Waals surface area contributed by atoms with Gasteiger partial charge in [-0.1, -0.05) is 29.3 Å². The summed E-state index contributed by atoms with van der Waals surface area (Å²) in [6.45, 7) is 5.91. The predicted octanol–water partition coefficient (Wildman–Crippen LogP) is 2.93. The Labute approximate surface area is 136 Å². The van der Waals surface area contributed by atoms with Crippen LogP contribution in [0, 0.1) is 13.8 Å². The van der Waals surface area contributed by atoms with Gasteiger partial charge in [-0.2, -0.15) is 0 Å². The third kappa shape index (κ3) is 4.96. The van der Waals surface area contributed by atoms with Gasteiger partial charge in [0.2, 0.25) is 0 Å². The summed E-state index contributed by atoms with van der Waals surface area (Å²) < 4.78 is 27.8. The van der Waals surface area contributed by atoms with Gasteiger partial charge in [0.25, 0.3) is 5.91 Å². The molecule has 1 aromatic heterocycles. The second kappa shape index (κ2) is 6.58. The number of benzene rings is 1. The number of nitrogens with one attached hydrogen (secondary N) is 1. The minimum absolute atomic E-state index is 0.111. The van der Waals surface area contributed by atoms with E-state index in [-0.39, 0.29) is 29.2 Å². The number of carbonyl (C=O) groups excluding carboxylic acids is 1. The van der Waals surface area contributed by atoms with Crippen LogP contribution in [0.4, 0.5) is 0 Å². The Balaban J connectivity index is 2.09. The standard InChI is InChI=1S/C17H21NO4S/c1-11-7-12(2)9-14(8-11)13(3)18-17(19)16-6-5-15(22-16)10-23(4,20)21/h5-9,13H,10H2,1-4H3,(H,18,19)/t13-/m1/s1. The van der Waals surface area contributed by atoms with Crippen LogP contribution in [0.2, 0.25) is 0 Å². The normalized spacial score (nSPS) is 12.9. The zero-order valence-electron chi connectivity index (χ0n) is 13.7. The van der Waals surface area contributed by atoms with Gasteiger partial charge < -0.3 is 9.73 Å². The Morgan fingerprint density at radius 1 is 1.17 bits per heavy atom. The third-order valence-corrected chi connectivity index (χ3v) is 4.19. The van der Waals surface area contributed by atoms with Gasteiger partial charge in [-0.15, -0.1) is 0 Å². The molecule has 1 atom stereocenters. The third-order valence-electron chi connectivity index (χ3n) is 3.38. The van der Waals surface area contributed by atoms with Crippen molar-refractivity contribution in [2.45, 2.75) is 32.6 Å². The average Bonchev–Trinajstić information content (AvgIpc) is 2.83. The summed E-state index contributed by atoms with van der Waals surface area (Å²) >= 11 is 0. The van der Waals surface area contributed by atoms with Crippen molar-refractivity contribution in [2.24, 2.45) is 0 Å². The molecule has 5 nitrogen and oxygen atoms in total. The van der Waals surface area contributed by atoms with Crippen LogP contribution in [0.3, 0.4) is 0 Å². The van der Waals surface area contributed by atoms with Crippen LogP contribution in [0.15, 0.2) is 34.7 Å². The predicted molar refractivity (Wildman–Crippen MR) is 89.1 cm³/mol. The monoisotopic (exact) mass is 335 g/mol. The van der Waals surface area contributed by atoms with E-state index in [2.05, 4.69) is 11.4 Å². The number of rotatable bonds is 5. The molecule has 1 amide bonds. The minimum Gasteiger partial charge on any atom is -0.455 e. The number of aryl methyl sites for hydroxylation is 2. The molecule has 0 unspecified atom stereocenters. The first-order valence-corrected chi connectivity index (χ1v) is 9.35. The molecular formula is C17H21NO4S. The quantitative estimate of drug-likeness (QED) is 0.911. The molecule has 1 heterocycles. The molecule has 0 fully saturated rings. The van der Waals surface area contributed by atoms with Crippen LogP contribution < -0.4 is 5.32 Å². The molecule has 0 aliphatic heterocycles. The number of furan rings is 1. The molecule has 0 bridgehead atoms. The second-order valence-corrected chi connectivity index (χ2v) is 8.09. The van der Waals surface area contributed by atoms with Crippen molar-refractivity contribution in [3.05, 3.63) is 58.5 Å². The minimum atomic E-state index is -3.19. The summed E-state index contributed by atoms with van der Waals surface area (Å²) in [5.41, 5.74) is 3.28. The molecule has 0 aliphatic rings. The lowest BCUT2D eigenvalue weighted by molar-refractivity contribution is 0.0910. The van der Waals surface area contributed by atoms with Crippen molar-refractivity contribution < 1.29 is 17.6 Å². The average molecular weight is 335 g/mol. The molecule has 1 aromatic carbocycles. The van der Waals surface area contributed by atoms with E-state index in [1.807, 2.05) is 32.9 Å². The molecule has 1 N–H and O–H groups in total. The van der Waals surface area contributed by atoms with Gasteiger partial charge in [0.05, 0.1) is 6.04 Å². The van der Waals surface area contributed by atoms with Crippen LogP contribution in [0.5, 0.6) is 0 Å². The second-order valence-electron chi connectivity index (χ2n) is 5.95. The molecule has 0 aliphatic carbocycles. The highest BCUT2D eigenvalue weighted by Crippen LogP contribution is 2.18. The smallest absolute Gasteiger partial charge is 0.287 e. The Bertz CT molecular complexity index is 801. The molecule has 0 saturated heterocycles. The summed E-state index contributed by atoms with van der Waals surface area (Å²) in [7, 11) is -3.19. The molecular weight excluding hydrogens is 314 g/mol. The number of sulfone groups is 1. The largest absolute Gasteiger partial charge is 0.455 e. The first-order valence-electron chi connectivity index (χ1n) is 7.29. The van der Waals surface area contributed by atoms with Gasteiger partial charge in [-0.25, -0.2) is 8.42 Å². The van der Waals surface area contributed by atoms with Crippen molar-refractivity contribution in [2.75, 3.05) is 6.26 Å². The van der Waals surface area contributed by atoms with E-state index < -0.39 is 9.84 Å². The summed E-state index contributed by atoms with van der Waals surface area (Å²) in [5, 5.41) is 2.86. The van der Waals surface area contributed by atoms with E-state index in [0.29, 0.717) is 0 Å². The maximum Gasteiger partial charge on any atom is 0.287 e. The van der Waals surface area contributed by atoms with Crippen LogP contribution in [-0.4, -0.2) is 20.6 Å². The lowest BCUT2D eigenvalue weighted by Gasteiger charge is -2.15. The molecule has 2 aromatic rings. The van der Waals surface area contributed by atoms with Crippen molar-refractivity contribution >= 4 is 15.7 Å². The molecule has 0 saturated carbocycles. The fraction of sp³-hybridized carbons (Fsp3) is 0.353. The fourth-order valence-corrected chi connectivity index (χ4v) is 3.12. The van der Waals surface area contributed by atoms with Crippen LogP contribution in [-0.2, 0) is 15.6 Å². The van der Waals surface area contributed by atoms with Gasteiger partial charge in [0.15, 0.2) is 15.6 Å². The van der Waals surface area contributed by atoms with Crippen molar-refractivity contribution in [1.82, 2.24) is 5.32 Å². The zero-order valence-corrected chi connectivity index (χ0v) is 14.5. The lowest BCUT2D eigenvalue weighted by atomic mass is 10.0. The van der Waals surface area contributed by atoms with Gasteiger partial charge in [-0.3, -0.25) is 4.79 Å². The van der Waals surface area contributed by atoms with E-state index in [9.17, 15) is 13.2 Å². The highest BCUT2D eigenvalue weighted by atomic mass is 32.2. The molecule has 2 rings (SSSR count). The van der Waals surface area contributed by atoms with Gasteiger partial charge in [0.1, 0.15) is 11.5 Å². The number of amides is 1. The lowest BCUT2D eigenvalue weighted by Crippen LogP contribution is -2.26. The van der Waals surface area contributed by atoms with E-state index in [0.717, 1.165) is 22.9 Å². The highest BCUT2D eigenvalue weighted by molar-refractivity contribution is 7.89. The number of hydrogen-bond donors (Lipinski definition) is 1. The Morgan fingerprint density at radius 2 is 1.78 bits per heavy atom. The Hall–Kier alpha value is -2.08. The first-order chi connectivity index (χ1) is 10.6. The maximum atomic E-state index is 12.2. The Kier molecular flexibility index (Phi) is 4.94. The molecule has 0 spiro atoms. The molecule has 124 valence electrons. The molecule has 6 heteroatoms. The maximum absolute atomic E-state index is 12.2. The number of hydrogen-bond acceptors (Lipinski definition) is 4. The topological polar surface area (TPSA) is 76.4 Å². The number of carbonyl (C=O) groups is 1. The SMILES string of the molecule is Cc1cc(C)cc([C@@H](C)NC(=O)c2ccc(CS(C)(=O)=O)o2)c1. The molecule has 23 heavy (non-hydrogen) atoms. The summed E-state index contributed by atoms with van der Waals surface area (Å²) in [4.78, 5) is 12.2. The fourth-order valence-electron chi connectivity index (χ4n) is 2.45. The summed E-state index contributed by atoms with van der Waals surface area (Å²) in [5.74, 6) is -0.208. The Morgan fingerprint density at radius 3 is 2.35 bits per heavy atom. The van der Waals surface area contributed by atoms with Gasteiger partial charge >= 0.3 is 0 Å². The van der Waals surface area contributed by atoms with E-state index >= 15 is 0 Å². The van der Waals surface area contributed by atoms with Crippen molar-refractivity contribution in [3.8, 4) is 0 Å². The van der Waals surface area contributed by atoms with Crippen LogP contribution in [0.1, 0.15) is 46.0 Å². The van der Waals surface area contributed by atoms with Crippen molar-refractivity contribution in [1.29, 1.82) is 0 Å². The summed E-state index contributed by atoms with van der Waals surface area (Å²) in [6, 6.07) is 8.94. The molecule has 0 radical (unpaired) electrons. The van der Waals surface area contributed by atoms with E-state index in [4.69, 9.17) is 4.42 Å². The summed E-state index contributed by atoms with van der Waals surface area (Å²) in [6.07, 6.45) is 1.12. The van der Waals surface area contributed by atoms with E-state index in [1.165, 1.54) is 12.1 Å². The van der Waals surface area contributed by atoms with Crippen LogP contribution >= 0.6 is 0 Å².